The fourth-order valence-electron chi connectivity index (χ4n) is 2.58. The molecule has 0 aliphatic carbocycles. The van der Waals surface area contributed by atoms with Gasteiger partial charge in [-0.1, -0.05) is 26.0 Å². The zero-order valence-electron chi connectivity index (χ0n) is 12.8. The van der Waals surface area contributed by atoms with Crippen molar-refractivity contribution in [2.75, 3.05) is 13.1 Å². The standard InChI is InChI=1S/C15H24N2O2S.ClH/c1-11(2)13-4-6-15(7-5-13)20(18,19)17-9-8-14(10-17)12(3)16;/h4-7,11-12,14H,8-10,16H2,1-3H3;1H. The van der Waals surface area contributed by atoms with Gasteiger partial charge in [0.1, 0.15) is 0 Å². The Balaban J connectivity index is 0.00000220. The van der Waals surface area contributed by atoms with Gasteiger partial charge in [-0.15, -0.1) is 12.4 Å². The van der Waals surface area contributed by atoms with Gasteiger partial charge in [-0.05, 0) is 42.9 Å². The van der Waals surface area contributed by atoms with Crippen molar-refractivity contribution in [1.29, 1.82) is 0 Å². The van der Waals surface area contributed by atoms with Crippen molar-refractivity contribution in [3.63, 3.8) is 0 Å². The fourth-order valence-corrected chi connectivity index (χ4v) is 4.09. The van der Waals surface area contributed by atoms with E-state index < -0.39 is 10.0 Å². The summed E-state index contributed by atoms with van der Waals surface area (Å²) in [7, 11) is -3.37. The first kappa shape index (κ1) is 18.4. The van der Waals surface area contributed by atoms with Gasteiger partial charge in [0.25, 0.3) is 0 Å². The number of hydrogen-bond donors (Lipinski definition) is 1. The summed E-state index contributed by atoms with van der Waals surface area (Å²) in [6, 6.07) is 7.26. The molecular formula is C15H25ClN2O2S. The van der Waals surface area contributed by atoms with Gasteiger partial charge in [0.2, 0.25) is 10.0 Å². The average Bonchev–Trinajstić information content (AvgIpc) is 2.89. The minimum absolute atomic E-state index is 0. The Labute approximate surface area is 134 Å². The maximum absolute atomic E-state index is 12.6. The maximum Gasteiger partial charge on any atom is 0.243 e. The third kappa shape index (κ3) is 3.97. The van der Waals surface area contributed by atoms with Crippen molar-refractivity contribution >= 4 is 22.4 Å². The Morgan fingerprint density at radius 3 is 2.19 bits per heavy atom. The van der Waals surface area contributed by atoms with E-state index in [4.69, 9.17) is 5.73 Å². The third-order valence-electron chi connectivity index (χ3n) is 4.12. The smallest absolute Gasteiger partial charge is 0.243 e. The second-order valence-electron chi connectivity index (χ2n) is 5.99. The molecule has 1 aromatic rings. The second kappa shape index (κ2) is 7.09. The van der Waals surface area contributed by atoms with Crippen molar-refractivity contribution in [3.8, 4) is 0 Å². The predicted molar refractivity (Wildman–Crippen MR) is 88.3 cm³/mol. The van der Waals surface area contributed by atoms with Crippen LogP contribution in [0.5, 0.6) is 0 Å². The van der Waals surface area contributed by atoms with E-state index in [-0.39, 0.29) is 24.4 Å². The van der Waals surface area contributed by atoms with Crippen LogP contribution in [-0.2, 0) is 10.0 Å². The summed E-state index contributed by atoms with van der Waals surface area (Å²) in [4.78, 5) is 0.382. The number of rotatable bonds is 4. The van der Waals surface area contributed by atoms with Crippen LogP contribution in [0.15, 0.2) is 29.2 Å². The molecule has 1 aliphatic rings. The Morgan fingerprint density at radius 1 is 1.19 bits per heavy atom. The number of nitrogens with zero attached hydrogens (tertiary/aromatic N) is 1. The van der Waals surface area contributed by atoms with Crippen molar-refractivity contribution < 1.29 is 8.42 Å². The average molecular weight is 333 g/mol. The summed E-state index contributed by atoms with van der Waals surface area (Å²) < 4.78 is 26.7. The minimum atomic E-state index is -3.37. The summed E-state index contributed by atoms with van der Waals surface area (Å²) in [6.07, 6.45) is 0.848. The molecule has 2 unspecified atom stereocenters. The van der Waals surface area contributed by atoms with Crippen LogP contribution in [-0.4, -0.2) is 31.9 Å². The molecule has 1 aromatic carbocycles. The first-order valence-corrected chi connectivity index (χ1v) is 8.62. The summed E-state index contributed by atoms with van der Waals surface area (Å²) in [5.74, 6) is 0.667. The molecule has 1 aliphatic heterocycles. The number of nitrogens with two attached hydrogens (primary N) is 1. The van der Waals surface area contributed by atoms with E-state index in [9.17, 15) is 8.42 Å². The number of benzene rings is 1. The van der Waals surface area contributed by atoms with Gasteiger partial charge in [-0.3, -0.25) is 0 Å². The van der Waals surface area contributed by atoms with E-state index in [1.54, 1.807) is 16.4 Å². The highest BCUT2D eigenvalue weighted by molar-refractivity contribution is 7.89. The molecule has 1 fully saturated rings. The minimum Gasteiger partial charge on any atom is -0.328 e. The van der Waals surface area contributed by atoms with Crippen LogP contribution in [0, 0.1) is 5.92 Å². The second-order valence-corrected chi connectivity index (χ2v) is 7.93. The fraction of sp³-hybridized carbons (Fsp3) is 0.600. The SMILES string of the molecule is CC(C)c1ccc(S(=O)(=O)N2CCC(C(C)N)C2)cc1.Cl. The van der Waals surface area contributed by atoms with E-state index in [0.29, 0.717) is 23.9 Å². The monoisotopic (exact) mass is 332 g/mol. The molecule has 6 heteroatoms. The van der Waals surface area contributed by atoms with Gasteiger partial charge in [0, 0.05) is 19.1 Å². The summed E-state index contributed by atoms with van der Waals surface area (Å²) in [5.41, 5.74) is 7.03. The Hall–Kier alpha value is -0.620. The lowest BCUT2D eigenvalue weighted by atomic mass is 10.0. The topological polar surface area (TPSA) is 63.4 Å². The summed E-state index contributed by atoms with van der Waals surface area (Å²) >= 11 is 0. The molecule has 2 rings (SSSR count). The highest BCUT2D eigenvalue weighted by Crippen LogP contribution is 2.26. The van der Waals surface area contributed by atoms with E-state index in [2.05, 4.69) is 13.8 Å². The van der Waals surface area contributed by atoms with Crippen LogP contribution in [0.25, 0.3) is 0 Å². The van der Waals surface area contributed by atoms with E-state index >= 15 is 0 Å². The molecular weight excluding hydrogens is 308 g/mol. The Kier molecular flexibility index (Phi) is 6.23. The predicted octanol–water partition coefficient (Wildman–Crippen LogP) is 2.59. The lowest BCUT2D eigenvalue weighted by Gasteiger charge is -2.18. The van der Waals surface area contributed by atoms with Crippen molar-refractivity contribution in [2.24, 2.45) is 11.7 Å². The van der Waals surface area contributed by atoms with Gasteiger partial charge < -0.3 is 5.73 Å². The normalized spacial score (nSPS) is 21.3. The lowest BCUT2D eigenvalue weighted by Crippen LogP contribution is -2.33. The molecule has 120 valence electrons. The highest BCUT2D eigenvalue weighted by atomic mass is 35.5. The van der Waals surface area contributed by atoms with E-state index in [1.165, 1.54) is 0 Å². The number of hydrogen-bond acceptors (Lipinski definition) is 3. The Morgan fingerprint density at radius 2 is 1.76 bits per heavy atom. The maximum atomic E-state index is 12.6. The third-order valence-corrected chi connectivity index (χ3v) is 5.99. The molecule has 0 aromatic heterocycles. The van der Waals surface area contributed by atoms with Gasteiger partial charge in [-0.25, -0.2) is 8.42 Å². The van der Waals surface area contributed by atoms with Crippen molar-refractivity contribution in [1.82, 2.24) is 4.31 Å². The zero-order chi connectivity index (χ0) is 14.9. The van der Waals surface area contributed by atoms with E-state index in [1.807, 2.05) is 19.1 Å². The molecule has 2 atom stereocenters. The molecule has 0 spiro atoms. The molecule has 0 amide bonds. The first-order valence-electron chi connectivity index (χ1n) is 7.18. The molecule has 0 saturated carbocycles. The summed E-state index contributed by atoms with van der Waals surface area (Å²) in [6.45, 7) is 7.24. The van der Waals surface area contributed by atoms with Gasteiger partial charge in [0.15, 0.2) is 0 Å². The molecule has 21 heavy (non-hydrogen) atoms. The van der Waals surface area contributed by atoms with Crippen LogP contribution in [0.3, 0.4) is 0 Å². The zero-order valence-corrected chi connectivity index (χ0v) is 14.5. The van der Waals surface area contributed by atoms with E-state index in [0.717, 1.165) is 12.0 Å². The van der Waals surface area contributed by atoms with Gasteiger partial charge >= 0.3 is 0 Å². The molecule has 4 nitrogen and oxygen atoms in total. The first-order chi connectivity index (χ1) is 9.32. The number of sulfonamides is 1. The van der Waals surface area contributed by atoms with Crippen molar-refractivity contribution in [2.45, 2.75) is 44.0 Å². The quantitative estimate of drug-likeness (QED) is 0.921. The van der Waals surface area contributed by atoms with Crippen LogP contribution >= 0.6 is 12.4 Å². The largest absolute Gasteiger partial charge is 0.328 e. The summed E-state index contributed by atoms with van der Waals surface area (Å²) in [5, 5.41) is 0. The molecule has 0 radical (unpaired) electrons. The molecule has 1 saturated heterocycles. The van der Waals surface area contributed by atoms with Crippen LogP contribution in [0.2, 0.25) is 0 Å². The van der Waals surface area contributed by atoms with Gasteiger partial charge in [0.05, 0.1) is 4.90 Å². The Bertz CT molecular complexity index is 556. The van der Waals surface area contributed by atoms with Gasteiger partial charge in [-0.2, -0.15) is 4.31 Å². The molecule has 2 N–H and O–H groups in total. The van der Waals surface area contributed by atoms with Crippen molar-refractivity contribution in [3.05, 3.63) is 29.8 Å². The highest BCUT2D eigenvalue weighted by Gasteiger charge is 2.33. The lowest BCUT2D eigenvalue weighted by molar-refractivity contribution is 0.429. The van der Waals surface area contributed by atoms with Crippen LogP contribution in [0.1, 0.15) is 38.7 Å². The molecule has 1 heterocycles. The van der Waals surface area contributed by atoms with Crippen LogP contribution in [0.4, 0.5) is 0 Å². The number of halogens is 1. The van der Waals surface area contributed by atoms with Crippen LogP contribution < -0.4 is 5.73 Å². The molecule has 0 bridgehead atoms.